The minimum Gasteiger partial charge on any atom is -0.350 e. The smallest absolute Gasteiger partial charge is 0.264 e. The van der Waals surface area contributed by atoms with E-state index in [9.17, 15) is 18.0 Å². The first-order valence-electron chi connectivity index (χ1n) is 10.1. The predicted molar refractivity (Wildman–Crippen MR) is 125 cm³/mol. The molecular formula is C24H25N3O4S. The van der Waals surface area contributed by atoms with Gasteiger partial charge in [-0.3, -0.25) is 13.9 Å². The van der Waals surface area contributed by atoms with Gasteiger partial charge in [-0.25, -0.2) is 8.42 Å². The van der Waals surface area contributed by atoms with Crippen LogP contribution in [0.4, 0.5) is 11.4 Å². The van der Waals surface area contributed by atoms with Crippen LogP contribution in [0.3, 0.4) is 0 Å². The van der Waals surface area contributed by atoms with E-state index in [-0.39, 0.29) is 16.8 Å². The van der Waals surface area contributed by atoms with Gasteiger partial charge in [-0.15, -0.1) is 0 Å². The van der Waals surface area contributed by atoms with Crippen LogP contribution < -0.4 is 14.9 Å². The van der Waals surface area contributed by atoms with Crippen LogP contribution in [0.15, 0.2) is 83.8 Å². The number of rotatable bonds is 7. The van der Waals surface area contributed by atoms with Gasteiger partial charge in [-0.05, 0) is 62.4 Å². The third kappa shape index (κ3) is 5.15. The molecule has 0 bridgehead atoms. The average Bonchev–Trinajstić information content (AvgIpc) is 2.79. The number of hydrogen-bond donors (Lipinski definition) is 2. The van der Waals surface area contributed by atoms with E-state index < -0.39 is 15.9 Å². The minimum absolute atomic E-state index is 0.0389. The van der Waals surface area contributed by atoms with Crippen LogP contribution in [0.1, 0.15) is 34.6 Å². The lowest BCUT2D eigenvalue weighted by molar-refractivity contribution is 0.0944. The van der Waals surface area contributed by atoms with Crippen LogP contribution in [0.25, 0.3) is 0 Å². The molecule has 7 nitrogen and oxygen atoms in total. The van der Waals surface area contributed by atoms with E-state index in [0.29, 0.717) is 22.5 Å². The van der Waals surface area contributed by atoms with E-state index in [4.69, 9.17) is 0 Å². The fraction of sp³-hybridized carbons (Fsp3) is 0.167. The third-order valence-corrected chi connectivity index (χ3v) is 6.53. The lowest BCUT2D eigenvalue weighted by Gasteiger charge is -2.19. The quantitative estimate of drug-likeness (QED) is 0.569. The van der Waals surface area contributed by atoms with Crippen molar-refractivity contribution in [2.45, 2.75) is 24.8 Å². The molecule has 0 fully saturated rings. The molecule has 0 radical (unpaired) electrons. The summed E-state index contributed by atoms with van der Waals surface area (Å²) in [5.74, 6) is -0.686. The Kier molecular flexibility index (Phi) is 6.95. The van der Waals surface area contributed by atoms with E-state index >= 15 is 0 Å². The lowest BCUT2D eigenvalue weighted by atomic mass is 10.1. The van der Waals surface area contributed by atoms with Crippen LogP contribution >= 0.6 is 0 Å². The zero-order valence-electron chi connectivity index (χ0n) is 18.1. The molecular weight excluding hydrogens is 426 g/mol. The molecule has 0 saturated heterocycles. The number of carbonyl (C=O) groups excluding carboxylic acids is 2. The topological polar surface area (TPSA) is 95.6 Å². The molecule has 0 unspecified atom stereocenters. The number of benzene rings is 3. The van der Waals surface area contributed by atoms with E-state index in [1.807, 2.05) is 13.8 Å². The summed E-state index contributed by atoms with van der Waals surface area (Å²) in [6.07, 6.45) is 0. The van der Waals surface area contributed by atoms with Crippen molar-refractivity contribution < 1.29 is 18.0 Å². The summed E-state index contributed by atoms with van der Waals surface area (Å²) in [6.45, 7) is 3.71. The maximum Gasteiger partial charge on any atom is 0.264 e. The van der Waals surface area contributed by atoms with Crippen molar-refractivity contribution in [2.75, 3.05) is 16.7 Å². The van der Waals surface area contributed by atoms with Gasteiger partial charge in [0.1, 0.15) is 0 Å². The maximum atomic E-state index is 12.8. The van der Waals surface area contributed by atoms with E-state index in [0.717, 1.165) is 4.31 Å². The van der Waals surface area contributed by atoms with Crippen molar-refractivity contribution in [1.82, 2.24) is 5.32 Å². The molecule has 0 aliphatic heterocycles. The fourth-order valence-electron chi connectivity index (χ4n) is 3.04. The summed E-state index contributed by atoms with van der Waals surface area (Å²) in [5, 5.41) is 5.56. The number of anilines is 2. The molecule has 3 rings (SSSR count). The largest absolute Gasteiger partial charge is 0.350 e. The summed E-state index contributed by atoms with van der Waals surface area (Å²) < 4.78 is 26.7. The number of amides is 2. The zero-order valence-corrected chi connectivity index (χ0v) is 18.9. The first-order valence-corrected chi connectivity index (χ1v) is 11.5. The summed E-state index contributed by atoms with van der Waals surface area (Å²) >= 11 is 0. The minimum atomic E-state index is -3.71. The Hall–Kier alpha value is -3.65. The second-order valence-electron chi connectivity index (χ2n) is 7.46. The molecule has 3 aromatic rings. The van der Waals surface area contributed by atoms with Crippen LogP contribution in [-0.4, -0.2) is 33.3 Å². The molecule has 2 amide bonds. The highest BCUT2D eigenvalue weighted by molar-refractivity contribution is 7.92. The van der Waals surface area contributed by atoms with Crippen LogP contribution in [0.5, 0.6) is 0 Å². The molecule has 0 saturated carbocycles. The molecule has 8 heteroatoms. The van der Waals surface area contributed by atoms with Crippen molar-refractivity contribution in [2.24, 2.45) is 0 Å². The normalized spacial score (nSPS) is 11.1. The number of nitrogens with one attached hydrogen (secondary N) is 2. The van der Waals surface area contributed by atoms with E-state index in [1.54, 1.807) is 66.7 Å². The van der Waals surface area contributed by atoms with E-state index in [1.165, 1.54) is 19.2 Å². The Morgan fingerprint density at radius 2 is 1.41 bits per heavy atom. The van der Waals surface area contributed by atoms with Gasteiger partial charge in [0.05, 0.1) is 21.8 Å². The fourth-order valence-corrected chi connectivity index (χ4v) is 4.25. The van der Waals surface area contributed by atoms with E-state index in [2.05, 4.69) is 10.6 Å². The number of carbonyl (C=O) groups is 2. The first-order chi connectivity index (χ1) is 15.2. The van der Waals surface area contributed by atoms with Crippen LogP contribution in [0.2, 0.25) is 0 Å². The number of sulfonamides is 1. The highest BCUT2D eigenvalue weighted by Gasteiger charge is 2.21. The summed E-state index contributed by atoms with van der Waals surface area (Å²) in [6, 6.07) is 21.0. The van der Waals surface area contributed by atoms with Gasteiger partial charge >= 0.3 is 0 Å². The Bertz CT molecular complexity index is 1210. The average molecular weight is 452 g/mol. The molecule has 166 valence electrons. The Labute approximate surface area is 188 Å². The Morgan fingerprint density at radius 1 is 0.812 bits per heavy atom. The van der Waals surface area contributed by atoms with Crippen LogP contribution in [-0.2, 0) is 10.0 Å². The summed E-state index contributed by atoms with van der Waals surface area (Å²) in [7, 11) is -2.25. The standard InChI is InChI=1S/C24H25N3O4S/c1-17(2)25-24(29)21-11-7-8-12-22(21)26-23(28)18-13-15-19(16-14-18)27(3)32(30,31)20-9-5-4-6-10-20/h4-17H,1-3H3,(H,25,29)(H,26,28). The van der Waals surface area contributed by atoms with Gasteiger partial charge in [0.2, 0.25) is 0 Å². The highest BCUT2D eigenvalue weighted by atomic mass is 32.2. The molecule has 2 N–H and O–H groups in total. The highest BCUT2D eigenvalue weighted by Crippen LogP contribution is 2.23. The maximum absolute atomic E-state index is 12.8. The van der Waals surface area contributed by atoms with Crippen molar-refractivity contribution in [1.29, 1.82) is 0 Å². The van der Waals surface area contributed by atoms with Gasteiger partial charge in [-0.2, -0.15) is 0 Å². The molecule has 0 atom stereocenters. The number of hydrogen-bond acceptors (Lipinski definition) is 4. The van der Waals surface area contributed by atoms with Crippen molar-refractivity contribution in [3.05, 3.63) is 90.0 Å². The molecule has 0 spiro atoms. The Balaban J connectivity index is 1.78. The van der Waals surface area contributed by atoms with Gasteiger partial charge < -0.3 is 10.6 Å². The second-order valence-corrected chi connectivity index (χ2v) is 9.43. The van der Waals surface area contributed by atoms with Gasteiger partial charge in [0.25, 0.3) is 21.8 Å². The van der Waals surface area contributed by atoms with Crippen molar-refractivity contribution in [3.8, 4) is 0 Å². The molecule has 0 aliphatic rings. The number of nitrogens with zero attached hydrogens (tertiary/aromatic N) is 1. The third-order valence-electron chi connectivity index (χ3n) is 4.73. The van der Waals surface area contributed by atoms with Gasteiger partial charge in [0.15, 0.2) is 0 Å². The van der Waals surface area contributed by atoms with Crippen molar-refractivity contribution in [3.63, 3.8) is 0 Å². The summed E-state index contributed by atoms with van der Waals surface area (Å²) in [5.41, 5.74) is 1.50. The molecule has 0 heterocycles. The Morgan fingerprint density at radius 3 is 2.03 bits per heavy atom. The van der Waals surface area contributed by atoms with Gasteiger partial charge in [0, 0.05) is 18.7 Å². The lowest BCUT2D eigenvalue weighted by Crippen LogP contribution is -2.31. The monoisotopic (exact) mass is 451 g/mol. The summed E-state index contributed by atoms with van der Waals surface area (Å²) in [4.78, 5) is 25.3. The zero-order chi connectivity index (χ0) is 23.3. The number of para-hydroxylation sites is 1. The van der Waals surface area contributed by atoms with Crippen LogP contribution in [0, 0.1) is 0 Å². The molecule has 0 aromatic heterocycles. The molecule has 3 aromatic carbocycles. The second kappa shape index (κ2) is 9.65. The first kappa shape index (κ1) is 23.0. The van der Waals surface area contributed by atoms with Crippen molar-refractivity contribution >= 4 is 33.2 Å². The predicted octanol–water partition coefficient (Wildman–Crippen LogP) is 3.90. The molecule has 0 aliphatic carbocycles. The SMILES string of the molecule is CC(C)NC(=O)c1ccccc1NC(=O)c1ccc(N(C)S(=O)(=O)c2ccccc2)cc1. The van der Waals surface area contributed by atoms with Gasteiger partial charge in [-0.1, -0.05) is 30.3 Å². The molecule has 32 heavy (non-hydrogen) atoms.